The first-order valence-corrected chi connectivity index (χ1v) is 9.22. The third-order valence-corrected chi connectivity index (χ3v) is 4.78. The van der Waals surface area contributed by atoms with E-state index in [4.69, 9.17) is 9.47 Å². The zero-order chi connectivity index (χ0) is 19.1. The van der Waals surface area contributed by atoms with Crippen LogP contribution in [-0.4, -0.2) is 28.4 Å². The largest absolute Gasteiger partial charge is 0.496 e. The van der Waals surface area contributed by atoms with E-state index in [-0.39, 0.29) is 0 Å². The summed E-state index contributed by atoms with van der Waals surface area (Å²) in [6.07, 6.45) is 6.96. The van der Waals surface area contributed by atoms with Gasteiger partial charge in [-0.15, -0.1) is 0 Å². The summed E-state index contributed by atoms with van der Waals surface area (Å²) in [6.45, 7) is 3.47. The minimum Gasteiger partial charge on any atom is -0.496 e. The minimum absolute atomic E-state index is 0.540. The number of benzene rings is 2. The molecular weight excluding hydrogens is 340 g/mol. The number of hydrogen-bond donors (Lipinski definition) is 1. The number of aryl methyl sites for hydroxylation is 1. The molecule has 0 amide bonds. The summed E-state index contributed by atoms with van der Waals surface area (Å²) in [5, 5.41) is 11.4. The molecule has 1 heterocycles. The standard InChI is InChI=1S/C22H26N2O3/c1-3-22(25,20-7-4-5-8-21(20)26-2)18-9-11-19(12-10-18)27-16-6-14-24-15-13-23-17-24/h4-5,7-13,15,17,25H,3,6,14,16H2,1-2H3. The first-order valence-electron chi connectivity index (χ1n) is 9.22. The Bertz CT molecular complexity index is 831. The molecule has 27 heavy (non-hydrogen) atoms. The highest BCUT2D eigenvalue weighted by molar-refractivity contribution is 5.45. The quantitative estimate of drug-likeness (QED) is 0.582. The van der Waals surface area contributed by atoms with Crippen molar-refractivity contribution in [2.45, 2.75) is 31.9 Å². The van der Waals surface area contributed by atoms with Gasteiger partial charge in [-0.3, -0.25) is 0 Å². The van der Waals surface area contributed by atoms with E-state index >= 15 is 0 Å². The van der Waals surface area contributed by atoms with Crippen LogP contribution in [0.2, 0.25) is 0 Å². The van der Waals surface area contributed by atoms with E-state index in [1.54, 1.807) is 19.6 Å². The molecule has 5 heteroatoms. The molecule has 1 aromatic heterocycles. The number of hydrogen-bond acceptors (Lipinski definition) is 4. The lowest BCUT2D eigenvalue weighted by Crippen LogP contribution is -2.26. The highest BCUT2D eigenvalue weighted by Gasteiger charge is 2.32. The Kier molecular flexibility index (Phi) is 6.14. The van der Waals surface area contributed by atoms with Gasteiger partial charge >= 0.3 is 0 Å². The van der Waals surface area contributed by atoms with Crippen LogP contribution in [0.4, 0.5) is 0 Å². The molecule has 3 rings (SSSR count). The van der Waals surface area contributed by atoms with Gasteiger partial charge in [0, 0.05) is 24.5 Å². The van der Waals surface area contributed by atoms with Crippen LogP contribution in [0.15, 0.2) is 67.3 Å². The summed E-state index contributed by atoms with van der Waals surface area (Å²) in [7, 11) is 1.62. The maximum absolute atomic E-state index is 11.4. The maximum Gasteiger partial charge on any atom is 0.125 e. The van der Waals surface area contributed by atoms with Crippen molar-refractivity contribution in [3.8, 4) is 11.5 Å². The van der Waals surface area contributed by atoms with Crippen LogP contribution in [0.25, 0.3) is 0 Å². The molecule has 0 spiro atoms. The van der Waals surface area contributed by atoms with E-state index in [1.165, 1.54) is 0 Å². The molecule has 0 aliphatic heterocycles. The van der Waals surface area contributed by atoms with Crippen LogP contribution < -0.4 is 9.47 Å². The van der Waals surface area contributed by atoms with Crippen molar-refractivity contribution in [3.63, 3.8) is 0 Å². The van der Waals surface area contributed by atoms with Crippen molar-refractivity contribution >= 4 is 0 Å². The number of rotatable bonds is 9. The fraction of sp³-hybridized carbons (Fsp3) is 0.318. The molecule has 0 radical (unpaired) electrons. The van der Waals surface area contributed by atoms with Crippen LogP contribution in [0.3, 0.4) is 0 Å². The zero-order valence-corrected chi connectivity index (χ0v) is 15.8. The fourth-order valence-electron chi connectivity index (χ4n) is 3.22. The molecule has 0 aliphatic rings. The average molecular weight is 366 g/mol. The van der Waals surface area contributed by atoms with Gasteiger partial charge in [0.1, 0.15) is 17.1 Å². The molecule has 5 nitrogen and oxygen atoms in total. The molecule has 3 aromatic rings. The maximum atomic E-state index is 11.4. The summed E-state index contributed by atoms with van der Waals surface area (Å²) in [6, 6.07) is 15.2. The predicted octanol–water partition coefficient (Wildman–Crippen LogP) is 4.01. The Morgan fingerprint density at radius 1 is 1.11 bits per heavy atom. The number of para-hydroxylation sites is 1. The monoisotopic (exact) mass is 366 g/mol. The summed E-state index contributed by atoms with van der Waals surface area (Å²) in [5.74, 6) is 1.48. The van der Waals surface area contributed by atoms with Crippen molar-refractivity contribution in [1.29, 1.82) is 0 Å². The topological polar surface area (TPSA) is 56.5 Å². The van der Waals surface area contributed by atoms with E-state index in [0.29, 0.717) is 18.8 Å². The lowest BCUT2D eigenvalue weighted by atomic mass is 9.83. The van der Waals surface area contributed by atoms with Crippen molar-refractivity contribution in [1.82, 2.24) is 9.55 Å². The van der Waals surface area contributed by atoms with Gasteiger partial charge < -0.3 is 19.1 Å². The van der Waals surface area contributed by atoms with E-state index in [1.807, 2.05) is 66.2 Å². The fourth-order valence-corrected chi connectivity index (χ4v) is 3.22. The molecule has 2 aromatic carbocycles. The molecule has 1 unspecified atom stereocenters. The van der Waals surface area contributed by atoms with E-state index in [9.17, 15) is 5.11 Å². The van der Waals surface area contributed by atoms with Crippen LogP contribution in [0.1, 0.15) is 30.9 Å². The van der Waals surface area contributed by atoms with Gasteiger partial charge in [0.25, 0.3) is 0 Å². The Hall–Kier alpha value is -2.79. The molecular formula is C22H26N2O3. The molecule has 0 fully saturated rings. The SMILES string of the molecule is CCC(O)(c1ccc(OCCCn2ccnc2)cc1)c1ccccc1OC. The van der Waals surface area contributed by atoms with Gasteiger partial charge in [-0.2, -0.15) is 0 Å². The number of aliphatic hydroxyl groups is 1. The molecule has 142 valence electrons. The Morgan fingerprint density at radius 2 is 1.89 bits per heavy atom. The van der Waals surface area contributed by atoms with Gasteiger partial charge in [0.05, 0.1) is 20.0 Å². The van der Waals surface area contributed by atoms with Gasteiger partial charge in [-0.05, 0) is 36.6 Å². The Balaban J connectivity index is 1.67. The lowest BCUT2D eigenvalue weighted by molar-refractivity contribution is 0.0736. The summed E-state index contributed by atoms with van der Waals surface area (Å²) < 4.78 is 13.3. The molecule has 0 saturated heterocycles. The molecule has 1 N–H and O–H groups in total. The normalized spacial score (nSPS) is 13.1. The molecule has 1 atom stereocenters. The number of methoxy groups -OCH3 is 1. The molecule has 0 bridgehead atoms. The molecule has 0 saturated carbocycles. The van der Waals surface area contributed by atoms with Gasteiger partial charge in [-0.1, -0.05) is 37.3 Å². The smallest absolute Gasteiger partial charge is 0.125 e. The average Bonchev–Trinajstić information content (AvgIpc) is 3.24. The predicted molar refractivity (Wildman–Crippen MR) is 105 cm³/mol. The molecule has 0 aliphatic carbocycles. The van der Waals surface area contributed by atoms with Gasteiger partial charge in [-0.25, -0.2) is 4.98 Å². The lowest BCUT2D eigenvalue weighted by Gasteiger charge is -2.29. The van der Waals surface area contributed by atoms with Crippen molar-refractivity contribution in [3.05, 3.63) is 78.4 Å². The van der Waals surface area contributed by atoms with E-state index in [0.717, 1.165) is 29.8 Å². The van der Waals surface area contributed by atoms with E-state index < -0.39 is 5.60 Å². The van der Waals surface area contributed by atoms with Gasteiger partial charge in [0.15, 0.2) is 0 Å². The van der Waals surface area contributed by atoms with Crippen LogP contribution in [0, 0.1) is 0 Å². The van der Waals surface area contributed by atoms with Crippen molar-refractivity contribution < 1.29 is 14.6 Å². The zero-order valence-electron chi connectivity index (χ0n) is 15.8. The van der Waals surface area contributed by atoms with Crippen molar-refractivity contribution in [2.75, 3.05) is 13.7 Å². The first kappa shape index (κ1) is 19.0. The minimum atomic E-state index is -1.10. The number of nitrogens with zero attached hydrogens (tertiary/aromatic N) is 2. The second-order valence-electron chi connectivity index (χ2n) is 6.44. The third kappa shape index (κ3) is 4.31. The second kappa shape index (κ2) is 8.73. The highest BCUT2D eigenvalue weighted by atomic mass is 16.5. The third-order valence-electron chi connectivity index (χ3n) is 4.78. The van der Waals surface area contributed by atoms with Crippen molar-refractivity contribution in [2.24, 2.45) is 0 Å². The highest BCUT2D eigenvalue weighted by Crippen LogP contribution is 2.38. The second-order valence-corrected chi connectivity index (χ2v) is 6.44. The summed E-state index contributed by atoms with van der Waals surface area (Å²) in [5.41, 5.74) is 0.483. The summed E-state index contributed by atoms with van der Waals surface area (Å²) >= 11 is 0. The van der Waals surface area contributed by atoms with Crippen LogP contribution in [0.5, 0.6) is 11.5 Å². The Labute approximate surface area is 160 Å². The number of imidazole rings is 1. The Morgan fingerprint density at radius 3 is 2.56 bits per heavy atom. The first-order chi connectivity index (χ1) is 13.2. The van der Waals surface area contributed by atoms with Crippen LogP contribution >= 0.6 is 0 Å². The summed E-state index contributed by atoms with van der Waals surface area (Å²) in [4.78, 5) is 4.03. The number of ether oxygens (including phenoxy) is 2. The van der Waals surface area contributed by atoms with Crippen LogP contribution in [-0.2, 0) is 12.1 Å². The number of aromatic nitrogens is 2. The van der Waals surface area contributed by atoms with E-state index in [2.05, 4.69) is 4.98 Å². The van der Waals surface area contributed by atoms with Gasteiger partial charge in [0.2, 0.25) is 0 Å².